The molecule has 0 aliphatic rings. The molecule has 2 heteroatoms. The number of nitrogens with zero attached hydrogens (tertiary/aromatic N) is 1. The van der Waals surface area contributed by atoms with Crippen molar-refractivity contribution in [2.75, 3.05) is 4.90 Å². The molecule has 0 saturated heterocycles. The van der Waals surface area contributed by atoms with Gasteiger partial charge in [-0.25, -0.2) is 0 Å². The van der Waals surface area contributed by atoms with Crippen molar-refractivity contribution in [3.8, 4) is 11.1 Å². The van der Waals surface area contributed by atoms with Crippen LogP contribution in [-0.4, -0.2) is 8.07 Å². The van der Waals surface area contributed by atoms with E-state index in [-0.39, 0.29) is 0 Å². The van der Waals surface area contributed by atoms with Crippen molar-refractivity contribution in [1.29, 1.82) is 0 Å². The smallest absolute Gasteiger partial charge is 0.179 e. The number of hydrogen-bond donors (Lipinski definition) is 0. The molecule has 10 rings (SSSR count). The lowest BCUT2D eigenvalue weighted by Crippen LogP contribution is -2.74. The summed E-state index contributed by atoms with van der Waals surface area (Å²) < 4.78 is 0. The van der Waals surface area contributed by atoms with E-state index >= 15 is 0 Å². The van der Waals surface area contributed by atoms with Crippen LogP contribution in [0.2, 0.25) is 0 Å². The number of anilines is 3. The first-order chi connectivity index (χ1) is 27.7. The lowest BCUT2D eigenvalue weighted by molar-refractivity contribution is 1.29. The standard InChI is InChI=1S/C54H39NSi/c1-5-17-48(18-6-1)55(49-19-7-2-8-20-49)50-32-29-47-39-54(34-31-45(47)37-50)56(51-21-9-3-10-22-51,52-23-11-4-12-24-52)53-33-30-44-36-43(27-28-46(44)38-53)42-26-25-40-15-13-14-16-41(40)35-42/h1-39H. The molecule has 0 aromatic heterocycles. The van der Waals surface area contributed by atoms with Gasteiger partial charge in [0.05, 0.1) is 0 Å². The summed E-state index contributed by atoms with van der Waals surface area (Å²) in [6.07, 6.45) is 0. The number of hydrogen-bond acceptors (Lipinski definition) is 1. The number of benzene rings is 10. The normalized spacial score (nSPS) is 11.6. The summed E-state index contributed by atoms with van der Waals surface area (Å²) in [4.78, 5) is 2.33. The van der Waals surface area contributed by atoms with Crippen LogP contribution in [0.25, 0.3) is 43.4 Å². The summed E-state index contributed by atoms with van der Waals surface area (Å²) in [5.74, 6) is 0. The van der Waals surface area contributed by atoms with Crippen molar-refractivity contribution < 1.29 is 0 Å². The van der Waals surface area contributed by atoms with Crippen LogP contribution in [0.15, 0.2) is 237 Å². The van der Waals surface area contributed by atoms with Gasteiger partial charge in [0.25, 0.3) is 0 Å². The van der Waals surface area contributed by atoms with Gasteiger partial charge in [-0.2, -0.15) is 0 Å². The van der Waals surface area contributed by atoms with Crippen molar-refractivity contribution in [3.05, 3.63) is 237 Å². The molecule has 0 radical (unpaired) electrons. The minimum Gasteiger partial charge on any atom is -0.310 e. The third kappa shape index (κ3) is 5.98. The maximum atomic E-state index is 2.47. The zero-order chi connectivity index (χ0) is 37.3. The largest absolute Gasteiger partial charge is 0.310 e. The summed E-state index contributed by atoms with van der Waals surface area (Å²) in [7, 11) is -2.79. The van der Waals surface area contributed by atoms with E-state index in [1.54, 1.807) is 0 Å². The highest BCUT2D eigenvalue weighted by Crippen LogP contribution is 2.36. The Morgan fingerprint density at radius 2 is 0.607 bits per heavy atom. The van der Waals surface area contributed by atoms with E-state index in [1.807, 2.05) is 0 Å². The lowest BCUT2D eigenvalue weighted by Gasteiger charge is -2.35. The molecule has 0 atom stereocenters. The van der Waals surface area contributed by atoms with E-state index in [0.29, 0.717) is 0 Å². The van der Waals surface area contributed by atoms with Crippen LogP contribution in [0.1, 0.15) is 0 Å². The van der Waals surface area contributed by atoms with Crippen molar-refractivity contribution in [1.82, 2.24) is 0 Å². The van der Waals surface area contributed by atoms with E-state index in [4.69, 9.17) is 0 Å². The van der Waals surface area contributed by atoms with E-state index in [9.17, 15) is 0 Å². The van der Waals surface area contributed by atoms with Gasteiger partial charge in [-0.1, -0.05) is 188 Å². The Morgan fingerprint density at radius 3 is 1.14 bits per heavy atom. The van der Waals surface area contributed by atoms with Gasteiger partial charge in [-0.05, 0) is 113 Å². The van der Waals surface area contributed by atoms with E-state index < -0.39 is 8.07 Å². The molecule has 0 unspecified atom stereocenters. The maximum absolute atomic E-state index is 2.79. The van der Waals surface area contributed by atoms with Crippen molar-refractivity contribution in [2.24, 2.45) is 0 Å². The SMILES string of the molecule is c1ccc(N(c2ccccc2)c2ccc3cc([Si](c4ccccc4)(c4ccccc4)c4ccc5cc(-c6ccc7ccccc7c6)ccc5c4)ccc3c2)cc1. The monoisotopic (exact) mass is 729 g/mol. The first-order valence-corrected chi connectivity index (χ1v) is 21.3. The van der Waals surface area contributed by atoms with Crippen LogP contribution in [0.4, 0.5) is 17.1 Å². The fourth-order valence-electron chi connectivity index (χ4n) is 8.61. The molecule has 1 nitrogen and oxygen atoms in total. The van der Waals surface area contributed by atoms with Gasteiger partial charge in [0, 0.05) is 17.1 Å². The van der Waals surface area contributed by atoms with Crippen LogP contribution in [0, 0.1) is 0 Å². The second-order valence-electron chi connectivity index (χ2n) is 14.6. The van der Waals surface area contributed by atoms with Gasteiger partial charge in [0.2, 0.25) is 0 Å². The Kier molecular flexibility index (Phi) is 8.59. The molecule has 0 aliphatic carbocycles. The van der Waals surface area contributed by atoms with Crippen molar-refractivity contribution in [3.63, 3.8) is 0 Å². The molecule has 0 amide bonds. The summed E-state index contributed by atoms with van der Waals surface area (Å²) in [6.45, 7) is 0. The Bertz CT molecular complexity index is 2880. The van der Waals surface area contributed by atoms with Gasteiger partial charge in [-0.15, -0.1) is 0 Å². The minimum atomic E-state index is -2.79. The van der Waals surface area contributed by atoms with E-state index in [2.05, 4.69) is 241 Å². The number of para-hydroxylation sites is 2. The Balaban J connectivity index is 1.13. The summed E-state index contributed by atoms with van der Waals surface area (Å²) in [5, 5.41) is 12.9. The van der Waals surface area contributed by atoms with Gasteiger partial charge < -0.3 is 4.90 Å². The minimum absolute atomic E-state index is 1.13. The highest BCUT2D eigenvalue weighted by atomic mass is 28.3. The molecule has 0 heterocycles. The zero-order valence-electron chi connectivity index (χ0n) is 31.0. The summed E-state index contributed by atoms with van der Waals surface area (Å²) in [5.41, 5.74) is 5.87. The van der Waals surface area contributed by atoms with Crippen LogP contribution in [-0.2, 0) is 0 Å². The molecule has 10 aromatic rings. The molecule has 10 aromatic carbocycles. The summed E-state index contributed by atoms with van der Waals surface area (Å²) in [6, 6.07) is 87.3. The highest BCUT2D eigenvalue weighted by molar-refractivity contribution is 7.20. The van der Waals surface area contributed by atoms with Gasteiger partial charge >= 0.3 is 0 Å². The highest BCUT2D eigenvalue weighted by Gasteiger charge is 2.41. The van der Waals surface area contributed by atoms with Gasteiger partial charge in [-0.3, -0.25) is 0 Å². The van der Waals surface area contributed by atoms with E-state index in [1.165, 1.54) is 64.2 Å². The molecule has 0 N–H and O–H groups in total. The molecule has 0 aliphatic heterocycles. The Hall–Kier alpha value is -7.00. The van der Waals surface area contributed by atoms with Crippen LogP contribution in [0.3, 0.4) is 0 Å². The molecular weight excluding hydrogens is 691 g/mol. The third-order valence-electron chi connectivity index (χ3n) is 11.3. The molecule has 264 valence electrons. The molecule has 0 bridgehead atoms. The number of rotatable bonds is 8. The topological polar surface area (TPSA) is 3.24 Å². The Labute approximate surface area is 329 Å². The first kappa shape index (κ1) is 33.6. The van der Waals surface area contributed by atoms with Crippen molar-refractivity contribution >= 4 is 78.2 Å². The second kappa shape index (κ2) is 14.3. The second-order valence-corrected chi connectivity index (χ2v) is 18.4. The third-order valence-corrected chi connectivity index (χ3v) is 16.1. The molecule has 56 heavy (non-hydrogen) atoms. The van der Waals surface area contributed by atoms with Crippen LogP contribution < -0.4 is 25.6 Å². The average Bonchev–Trinajstić information content (AvgIpc) is 3.28. The predicted molar refractivity (Wildman–Crippen MR) is 243 cm³/mol. The zero-order valence-corrected chi connectivity index (χ0v) is 32.0. The molecule has 0 spiro atoms. The van der Waals surface area contributed by atoms with E-state index in [0.717, 1.165) is 17.1 Å². The molecule has 0 fully saturated rings. The first-order valence-electron chi connectivity index (χ1n) is 19.3. The maximum Gasteiger partial charge on any atom is 0.179 e. The average molecular weight is 730 g/mol. The summed E-state index contributed by atoms with van der Waals surface area (Å²) >= 11 is 0. The lowest BCUT2D eigenvalue weighted by atomic mass is 9.99. The molecule has 0 saturated carbocycles. The van der Waals surface area contributed by atoms with Crippen LogP contribution in [0.5, 0.6) is 0 Å². The van der Waals surface area contributed by atoms with Crippen molar-refractivity contribution in [2.45, 2.75) is 0 Å². The van der Waals surface area contributed by atoms with Gasteiger partial charge in [0.1, 0.15) is 0 Å². The fraction of sp³-hybridized carbons (Fsp3) is 0. The quantitative estimate of drug-likeness (QED) is 0.111. The predicted octanol–water partition coefficient (Wildman–Crippen LogP) is 11.7. The van der Waals surface area contributed by atoms with Gasteiger partial charge in [0.15, 0.2) is 8.07 Å². The Morgan fingerprint density at radius 1 is 0.232 bits per heavy atom. The molecular formula is C54H39NSi. The fourth-order valence-corrected chi connectivity index (χ4v) is 13.4. The van der Waals surface area contributed by atoms with Crippen LogP contribution >= 0.6 is 0 Å². The number of fused-ring (bicyclic) bond motifs is 3.